The van der Waals surface area contributed by atoms with E-state index in [1.54, 1.807) is 11.3 Å². The minimum absolute atomic E-state index is 0.0925. The van der Waals surface area contributed by atoms with Gasteiger partial charge in [0.1, 0.15) is 0 Å². The summed E-state index contributed by atoms with van der Waals surface area (Å²) in [4.78, 5) is 18.3. The van der Waals surface area contributed by atoms with Gasteiger partial charge in [-0.15, -0.1) is 11.3 Å². The van der Waals surface area contributed by atoms with Crippen molar-refractivity contribution in [3.63, 3.8) is 0 Å². The third-order valence-corrected chi connectivity index (χ3v) is 5.17. The maximum atomic E-state index is 12.4. The summed E-state index contributed by atoms with van der Waals surface area (Å²) in [7, 11) is 0. The number of aromatic nitrogens is 1. The highest BCUT2D eigenvalue weighted by Crippen LogP contribution is 2.32. The Labute approximate surface area is 111 Å². The molecule has 0 bridgehead atoms. The van der Waals surface area contributed by atoms with Crippen LogP contribution in [0.4, 0.5) is 5.13 Å². The van der Waals surface area contributed by atoms with Crippen LogP contribution in [-0.2, 0) is 17.6 Å². The molecular weight excluding hydrogens is 246 g/mol. The Hall–Kier alpha value is -0.940. The molecule has 1 aliphatic heterocycles. The molecule has 1 aromatic heterocycles. The zero-order valence-electron chi connectivity index (χ0n) is 10.7. The number of thiazole rings is 1. The Morgan fingerprint density at radius 2 is 2.39 bits per heavy atom. The largest absolute Gasteiger partial charge is 0.303 e. The number of hydrogen-bond acceptors (Lipinski definition) is 4. The maximum Gasteiger partial charge on any atom is 0.246 e. The first kappa shape index (κ1) is 12.1. The van der Waals surface area contributed by atoms with Gasteiger partial charge < -0.3 is 10.6 Å². The molecule has 98 valence electrons. The third-order valence-electron chi connectivity index (χ3n) is 4.10. The van der Waals surface area contributed by atoms with Crippen molar-refractivity contribution in [3.05, 3.63) is 10.6 Å². The lowest BCUT2D eigenvalue weighted by molar-refractivity contribution is -0.122. The molecule has 2 N–H and O–H groups in total. The van der Waals surface area contributed by atoms with Gasteiger partial charge in [0.2, 0.25) is 5.91 Å². The molecule has 3 rings (SSSR count). The van der Waals surface area contributed by atoms with Crippen molar-refractivity contribution in [1.29, 1.82) is 0 Å². The van der Waals surface area contributed by atoms with E-state index in [1.807, 2.05) is 0 Å². The summed E-state index contributed by atoms with van der Waals surface area (Å²) in [5.74, 6) is 0.0925. The summed E-state index contributed by atoms with van der Waals surface area (Å²) in [5, 5.41) is 7.15. The van der Waals surface area contributed by atoms with E-state index < -0.39 is 0 Å². The van der Waals surface area contributed by atoms with Gasteiger partial charge in [-0.1, -0.05) is 6.92 Å². The Kier molecular flexibility index (Phi) is 3.11. The zero-order valence-corrected chi connectivity index (χ0v) is 11.5. The van der Waals surface area contributed by atoms with E-state index in [0.29, 0.717) is 0 Å². The van der Waals surface area contributed by atoms with Crippen LogP contribution in [0.25, 0.3) is 0 Å². The molecule has 0 saturated carbocycles. The van der Waals surface area contributed by atoms with Gasteiger partial charge in [0.05, 0.1) is 11.2 Å². The standard InChI is InChI=1S/C13H19N3OS/c1-2-13(7-4-8-14-13)11(17)16-12-15-9-5-3-6-10(9)18-12/h14H,2-8H2,1H3,(H,15,16,17). The number of anilines is 1. The highest BCUT2D eigenvalue weighted by molar-refractivity contribution is 7.15. The second-order valence-electron chi connectivity index (χ2n) is 5.16. The Morgan fingerprint density at radius 3 is 3.06 bits per heavy atom. The second kappa shape index (κ2) is 4.63. The average Bonchev–Trinajstić information content (AvgIpc) is 3.03. The maximum absolute atomic E-state index is 12.4. The lowest BCUT2D eigenvalue weighted by Crippen LogP contribution is -2.50. The summed E-state index contributed by atoms with van der Waals surface area (Å²) in [5.41, 5.74) is 0.830. The molecule has 1 aromatic rings. The van der Waals surface area contributed by atoms with Crippen LogP contribution in [-0.4, -0.2) is 23.0 Å². The van der Waals surface area contributed by atoms with Crippen LogP contribution in [0.3, 0.4) is 0 Å². The quantitative estimate of drug-likeness (QED) is 0.880. The number of fused-ring (bicyclic) bond motifs is 1. The van der Waals surface area contributed by atoms with Gasteiger partial charge in [0.25, 0.3) is 0 Å². The van der Waals surface area contributed by atoms with E-state index >= 15 is 0 Å². The van der Waals surface area contributed by atoms with E-state index in [2.05, 4.69) is 22.5 Å². The summed E-state index contributed by atoms with van der Waals surface area (Å²) < 4.78 is 0. The van der Waals surface area contributed by atoms with Crippen molar-refractivity contribution in [2.75, 3.05) is 11.9 Å². The van der Waals surface area contributed by atoms with Crippen LogP contribution >= 0.6 is 11.3 Å². The minimum atomic E-state index is -0.365. The zero-order chi connectivity index (χ0) is 12.6. The Bertz CT molecular complexity index is 441. The molecule has 5 heteroatoms. The summed E-state index contributed by atoms with van der Waals surface area (Å²) in [6.45, 7) is 3.01. The van der Waals surface area contributed by atoms with E-state index in [1.165, 1.54) is 17.0 Å². The normalized spacial score (nSPS) is 26.3. The van der Waals surface area contributed by atoms with Crippen LogP contribution in [0, 0.1) is 0 Å². The van der Waals surface area contributed by atoms with Crippen LogP contribution in [0.1, 0.15) is 43.2 Å². The fraction of sp³-hybridized carbons (Fsp3) is 0.692. The van der Waals surface area contributed by atoms with Gasteiger partial charge in [-0.3, -0.25) is 4.79 Å². The van der Waals surface area contributed by atoms with Gasteiger partial charge in [-0.05, 0) is 45.1 Å². The van der Waals surface area contributed by atoms with E-state index in [0.717, 1.165) is 43.8 Å². The molecular formula is C13H19N3OS. The van der Waals surface area contributed by atoms with Crippen molar-refractivity contribution in [3.8, 4) is 0 Å². The van der Waals surface area contributed by atoms with Crippen molar-refractivity contribution >= 4 is 22.4 Å². The number of hydrogen-bond donors (Lipinski definition) is 2. The topological polar surface area (TPSA) is 54.0 Å². The Morgan fingerprint density at radius 1 is 1.50 bits per heavy atom. The lowest BCUT2D eigenvalue weighted by atomic mass is 9.93. The first-order valence-electron chi connectivity index (χ1n) is 6.78. The predicted octanol–water partition coefficient (Wildman–Crippen LogP) is 2.10. The number of amides is 1. The number of carbonyl (C=O) groups is 1. The lowest BCUT2D eigenvalue weighted by Gasteiger charge is -2.25. The summed E-state index contributed by atoms with van der Waals surface area (Å²) in [6, 6.07) is 0. The predicted molar refractivity (Wildman–Crippen MR) is 73.0 cm³/mol. The first-order chi connectivity index (χ1) is 8.73. The number of nitrogens with one attached hydrogen (secondary N) is 2. The van der Waals surface area contributed by atoms with Crippen molar-refractivity contribution in [2.45, 2.75) is 51.0 Å². The molecule has 4 nitrogen and oxygen atoms in total. The molecule has 0 radical (unpaired) electrons. The van der Waals surface area contributed by atoms with Gasteiger partial charge in [0.15, 0.2) is 5.13 Å². The summed E-state index contributed by atoms with van der Waals surface area (Å²) >= 11 is 1.65. The minimum Gasteiger partial charge on any atom is -0.303 e. The molecule has 1 fully saturated rings. The fourth-order valence-corrected chi connectivity index (χ4v) is 3.97. The number of aryl methyl sites for hydroxylation is 2. The number of carbonyl (C=O) groups excluding carboxylic acids is 1. The monoisotopic (exact) mass is 265 g/mol. The van der Waals surface area contributed by atoms with Gasteiger partial charge in [-0.2, -0.15) is 0 Å². The fourth-order valence-electron chi connectivity index (χ4n) is 2.92. The highest BCUT2D eigenvalue weighted by Gasteiger charge is 2.39. The second-order valence-corrected chi connectivity index (χ2v) is 6.25. The highest BCUT2D eigenvalue weighted by atomic mass is 32.1. The van der Waals surface area contributed by atoms with Crippen LogP contribution in [0.15, 0.2) is 0 Å². The summed E-state index contributed by atoms with van der Waals surface area (Å²) in [6.07, 6.45) is 6.25. The molecule has 18 heavy (non-hydrogen) atoms. The van der Waals surface area contributed by atoms with Crippen LogP contribution in [0.5, 0.6) is 0 Å². The molecule has 1 aliphatic carbocycles. The number of nitrogens with zero attached hydrogens (tertiary/aromatic N) is 1. The molecule has 2 aliphatic rings. The van der Waals surface area contributed by atoms with E-state index in [4.69, 9.17) is 0 Å². The van der Waals surface area contributed by atoms with Gasteiger partial charge in [0, 0.05) is 4.88 Å². The molecule has 2 heterocycles. The van der Waals surface area contributed by atoms with E-state index in [-0.39, 0.29) is 11.4 Å². The smallest absolute Gasteiger partial charge is 0.246 e. The van der Waals surface area contributed by atoms with Gasteiger partial charge in [-0.25, -0.2) is 4.98 Å². The van der Waals surface area contributed by atoms with E-state index in [9.17, 15) is 4.79 Å². The molecule has 1 unspecified atom stereocenters. The Balaban J connectivity index is 1.73. The molecule has 1 amide bonds. The SMILES string of the molecule is CCC1(C(=O)Nc2nc3c(s2)CCC3)CCCN1. The van der Waals surface area contributed by atoms with Crippen molar-refractivity contribution in [1.82, 2.24) is 10.3 Å². The molecule has 1 saturated heterocycles. The van der Waals surface area contributed by atoms with Crippen molar-refractivity contribution in [2.24, 2.45) is 0 Å². The van der Waals surface area contributed by atoms with Crippen LogP contribution < -0.4 is 10.6 Å². The molecule has 0 spiro atoms. The first-order valence-corrected chi connectivity index (χ1v) is 7.60. The third kappa shape index (κ3) is 1.95. The molecule has 1 atom stereocenters. The van der Waals surface area contributed by atoms with Gasteiger partial charge >= 0.3 is 0 Å². The van der Waals surface area contributed by atoms with Crippen molar-refractivity contribution < 1.29 is 4.79 Å². The number of rotatable bonds is 3. The molecule has 0 aromatic carbocycles. The average molecular weight is 265 g/mol. The van der Waals surface area contributed by atoms with Crippen LogP contribution in [0.2, 0.25) is 0 Å².